The number of likely N-dealkylation sites (tertiary alicyclic amines) is 1. The van der Waals surface area contributed by atoms with E-state index in [1.807, 2.05) is 35.7 Å². The van der Waals surface area contributed by atoms with Crippen molar-refractivity contribution < 1.29 is 4.52 Å². The predicted molar refractivity (Wildman–Crippen MR) is 101 cm³/mol. The van der Waals surface area contributed by atoms with Crippen LogP contribution in [-0.4, -0.2) is 31.6 Å². The average molecular weight is 386 g/mol. The van der Waals surface area contributed by atoms with Crippen molar-refractivity contribution in [3.05, 3.63) is 52.4 Å². The molecule has 0 amide bonds. The number of nitrogens with zero attached hydrogens (tertiary/aromatic N) is 4. The lowest BCUT2D eigenvalue weighted by Gasteiger charge is -2.20. The summed E-state index contributed by atoms with van der Waals surface area (Å²) in [6.07, 6.45) is 2.17. The molecule has 1 atom stereocenters. The minimum absolute atomic E-state index is 0.221. The molecule has 5 rings (SSSR count). The summed E-state index contributed by atoms with van der Waals surface area (Å²) in [4.78, 5) is 16.1. The highest BCUT2D eigenvalue weighted by atomic mass is 35.5. The molecular formula is C18H16ClN5OS. The third kappa shape index (κ3) is 2.92. The van der Waals surface area contributed by atoms with Gasteiger partial charge in [0.1, 0.15) is 5.82 Å². The molecule has 1 saturated heterocycles. The molecular weight excluding hydrogens is 370 g/mol. The van der Waals surface area contributed by atoms with Crippen molar-refractivity contribution in [1.29, 1.82) is 0 Å². The number of thiophene rings is 1. The van der Waals surface area contributed by atoms with Crippen LogP contribution in [0.3, 0.4) is 0 Å². The molecule has 4 aromatic rings. The van der Waals surface area contributed by atoms with Gasteiger partial charge in [0.2, 0.25) is 11.7 Å². The molecule has 4 heterocycles. The molecule has 1 N–H and O–H groups in total. The fourth-order valence-corrected chi connectivity index (χ4v) is 4.30. The zero-order valence-corrected chi connectivity index (χ0v) is 15.4. The van der Waals surface area contributed by atoms with Gasteiger partial charge in [0.15, 0.2) is 0 Å². The van der Waals surface area contributed by atoms with Crippen LogP contribution in [0.5, 0.6) is 0 Å². The minimum Gasteiger partial charge on any atom is -0.341 e. The monoisotopic (exact) mass is 385 g/mol. The van der Waals surface area contributed by atoms with Gasteiger partial charge in [0, 0.05) is 5.02 Å². The van der Waals surface area contributed by atoms with Crippen molar-refractivity contribution in [3.63, 3.8) is 0 Å². The lowest BCUT2D eigenvalue weighted by atomic mass is 10.2. The van der Waals surface area contributed by atoms with Crippen molar-refractivity contribution in [3.8, 4) is 10.7 Å². The molecule has 1 aromatic carbocycles. The van der Waals surface area contributed by atoms with Crippen LogP contribution >= 0.6 is 22.9 Å². The summed E-state index contributed by atoms with van der Waals surface area (Å²) in [5, 5.41) is 6.82. The third-order valence-electron chi connectivity index (χ3n) is 4.69. The molecule has 8 heteroatoms. The van der Waals surface area contributed by atoms with Gasteiger partial charge < -0.3 is 9.51 Å². The van der Waals surface area contributed by atoms with E-state index in [0.717, 1.165) is 41.1 Å². The van der Waals surface area contributed by atoms with Crippen molar-refractivity contribution in [1.82, 2.24) is 25.0 Å². The van der Waals surface area contributed by atoms with E-state index < -0.39 is 0 Å². The van der Waals surface area contributed by atoms with Gasteiger partial charge in [-0.3, -0.25) is 4.90 Å². The highest BCUT2D eigenvalue weighted by Gasteiger charge is 2.30. The Morgan fingerprint density at radius 2 is 2.27 bits per heavy atom. The van der Waals surface area contributed by atoms with Crippen molar-refractivity contribution in [2.75, 3.05) is 6.54 Å². The number of hydrogen-bond donors (Lipinski definition) is 1. The molecule has 132 valence electrons. The highest BCUT2D eigenvalue weighted by Crippen LogP contribution is 2.33. The molecule has 1 fully saturated rings. The molecule has 1 aliphatic rings. The largest absolute Gasteiger partial charge is 0.341 e. The van der Waals surface area contributed by atoms with Crippen LogP contribution in [-0.2, 0) is 6.54 Å². The number of benzene rings is 1. The normalized spacial score (nSPS) is 18.1. The summed E-state index contributed by atoms with van der Waals surface area (Å²) in [7, 11) is 0. The summed E-state index contributed by atoms with van der Waals surface area (Å²) >= 11 is 7.69. The first-order chi connectivity index (χ1) is 12.8. The zero-order chi connectivity index (χ0) is 17.5. The van der Waals surface area contributed by atoms with Crippen molar-refractivity contribution in [2.24, 2.45) is 0 Å². The number of aromatic amines is 1. The maximum absolute atomic E-state index is 6.08. The Balaban J connectivity index is 1.38. The number of halogens is 1. The van der Waals surface area contributed by atoms with E-state index in [0.29, 0.717) is 23.3 Å². The SMILES string of the molecule is Clc1ccc2nc(C3CCCN3Cc3nc(-c4cccs4)no3)[nH]c2c1. The molecule has 6 nitrogen and oxygen atoms in total. The van der Waals surface area contributed by atoms with Crippen LogP contribution in [0.1, 0.15) is 30.6 Å². The smallest absolute Gasteiger partial charge is 0.241 e. The Labute approximate surface area is 158 Å². The van der Waals surface area contributed by atoms with Gasteiger partial charge in [0.25, 0.3) is 0 Å². The molecule has 0 bridgehead atoms. The molecule has 26 heavy (non-hydrogen) atoms. The predicted octanol–water partition coefficient (Wildman–Crippen LogP) is 4.66. The topological polar surface area (TPSA) is 70.8 Å². The molecule has 0 saturated carbocycles. The summed E-state index contributed by atoms with van der Waals surface area (Å²) in [5.74, 6) is 2.27. The quantitative estimate of drug-likeness (QED) is 0.553. The van der Waals surface area contributed by atoms with Crippen LogP contribution in [0.2, 0.25) is 5.02 Å². The van der Waals surface area contributed by atoms with Crippen LogP contribution < -0.4 is 0 Å². The van der Waals surface area contributed by atoms with E-state index in [-0.39, 0.29) is 6.04 Å². The Hall–Kier alpha value is -2.22. The van der Waals surface area contributed by atoms with Gasteiger partial charge in [-0.25, -0.2) is 4.98 Å². The number of hydrogen-bond acceptors (Lipinski definition) is 6. The fourth-order valence-electron chi connectivity index (χ4n) is 3.48. The van der Waals surface area contributed by atoms with Gasteiger partial charge in [-0.2, -0.15) is 4.98 Å². The van der Waals surface area contributed by atoms with Crippen molar-refractivity contribution in [2.45, 2.75) is 25.4 Å². The Kier molecular flexibility index (Phi) is 4.00. The first-order valence-electron chi connectivity index (χ1n) is 8.52. The number of H-pyrrole nitrogens is 1. The van der Waals surface area contributed by atoms with E-state index in [1.54, 1.807) is 11.3 Å². The average Bonchev–Trinajstić information content (AvgIpc) is 3.41. The summed E-state index contributed by atoms with van der Waals surface area (Å²) < 4.78 is 5.47. The van der Waals surface area contributed by atoms with Crippen LogP contribution in [0.15, 0.2) is 40.2 Å². The molecule has 0 radical (unpaired) electrons. The standard InChI is InChI=1S/C18H16ClN5OS/c19-11-5-6-12-13(9-11)21-17(20-12)14-3-1-7-24(14)10-16-22-18(23-25-16)15-4-2-8-26-15/h2,4-6,8-9,14H,1,3,7,10H2,(H,20,21). The Morgan fingerprint density at radius 1 is 1.31 bits per heavy atom. The lowest BCUT2D eigenvalue weighted by molar-refractivity contribution is 0.207. The maximum atomic E-state index is 6.08. The van der Waals surface area contributed by atoms with Gasteiger partial charge >= 0.3 is 0 Å². The third-order valence-corrected chi connectivity index (χ3v) is 5.79. The number of fused-ring (bicyclic) bond motifs is 1. The second-order valence-electron chi connectivity index (χ2n) is 6.40. The van der Waals surface area contributed by atoms with Crippen LogP contribution in [0.4, 0.5) is 0 Å². The number of rotatable bonds is 4. The second-order valence-corrected chi connectivity index (χ2v) is 7.79. The van der Waals surface area contributed by atoms with Crippen molar-refractivity contribution >= 4 is 34.0 Å². The Bertz CT molecular complexity index is 1040. The van der Waals surface area contributed by atoms with Crippen LogP contribution in [0, 0.1) is 0 Å². The lowest BCUT2D eigenvalue weighted by Crippen LogP contribution is -2.23. The summed E-state index contributed by atoms with van der Waals surface area (Å²) in [6.45, 7) is 1.61. The molecule has 0 aliphatic carbocycles. The number of nitrogens with one attached hydrogen (secondary N) is 1. The van der Waals surface area contributed by atoms with E-state index >= 15 is 0 Å². The number of imidazole rings is 1. The summed E-state index contributed by atoms with van der Waals surface area (Å²) in [6, 6.07) is 9.93. The molecule has 1 aliphatic heterocycles. The van der Waals surface area contributed by atoms with E-state index in [1.165, 1.54) is 0 Å². The Morgan fingerprint density at radius 3 is 3.15 bits per heavy atom. The second kappa shape index (κ2) is 6.50. The van der Waals surface area contributed by atoms with E-state index in [9.17, 15) is 0 Å². The minimum atomic E-state index is 0.221. The fraction of sp³-hybridized carbons (Fsp3) is 0.278. The van der Waals surface area contributed by atoms with Gasteiger partial charge in [-0.15, -0.1) is 11.3 Å². The summed E-state index contributed by atoms with van der Waals surface area (Å²) in [5.41, 5.74) is 1.91. The first-order valence-corrected chi connectivity index (χ1v) is 9.78. The van der Waals surface area contributed by atoms with Crippen LogP contribution in [0.25, 0.3) is 21.7 Å². The van der Waals surface area contributed by atoms with E-state index in [4.69, 9.17) is 21.1 Å². The first kappa shape index (κ1) is 16.0. The molecule has 0 spiro atoms. The number of aromatic nitrogens is 4. The highest BCUT2D eigenvalue weighted by molar-refractivity contribution is 7.13. The van der Waals surface area contributed by atoms with Gasteiger partial charge in [0.05, 0.1) is 28.5 Å². The molecule has 3 aromatic heterocycles. The van der Waals surface area contributed by atoms with Gasteiger partial charge in [-0.05, 0) is 49.0 Å². The van der Waals surface area contributed by atoms with Gasteiger partial charge in [-0.1, -0.05) is 22.8 Å². The maximum Gasteiger partial charge on any atom is 0.241 e. The molecule has 1 unspecified atom stereocenters. The van der Waals surface area contributed by atoms with E-state index in [2.05, 4.69) is 20.0 Å². The zero-order valence-electron chi connectivity index (χ0n) is 13.9.